The average molecular weight is 332 g/mol. The zero-order valence-corrected chi connectivity index (χ0v) is 14.5. The van der Waals surface area contributed by atoms with Crippen molar-refractivity contribution in [2.75, 3.05) is 13.4 Å². The fourth-order valence-electron chi connectivity index (χ4n) is 1.99. The number of ether oxygens (including phenoxy) is 3. The molecule has 0 fully saturated rings. The van der Waals surface area contributed by atoms with E-state index in [2.05, 4.69) is 0 Å². The van der Waals surface area contributed by atoms with Gasteiger partial charge in [-0.3, -0.25) is 0 Å². The smallest absolute Gasteiger partial charge is 0.338 e. The summed E-state index contributed by atoms with van der Waals surface area (Å²) >= 11 is 1.67. The molecule has 0 aliphatic rings. The van der Waals surface area contributed by atoms with Crippen molar-refractivity contribution < 1.29 is 19.0 Å². The number of methoxy groups -OCH3 is 1. The summed E-state index contributed by atoms with van der Waals surface area (Å²) in [6.07, 6.45) is 2.02. The van der Waals surface area contributed by atoms with Gasteiger partial charge in [0.25, 0.3) is 0 Å². The quantitative estimate of drug-likeness (QED) is 0.563. The fraction of sp³-hybridized carbons (Fsp3) is 0.278. The summed E-state index contributed by atoms with van der Waals surface area (Å²) in [4.78, 5) is 13.0. The molecule has 0 spiro atoms. The summed E-state index contributed by atoms with van der Waals surface area (Å²) in [6, 6.07) is 12.8. The normalized spacial score (nSPS) is 10.5. The second-order valence-corrected chi connectivity index (χ2v) is 6.01. The molecule has 4 nitrogen and oxygen atoms in total. The van der Waals surface area contributed by atoms with E-state index >= 15 is 0 Å². The van der Waals surface area contributed by atoms with Crippen molar-refractivity contribution in [3.05, 3.63) is 48.0 Å². The Kier molecular flexibility index (Phi) is 5.93. The Balaban J connectivity index is 2.29. The van der Waals surface area contributed by atoms with Crippen LogP contribution in [-0.4, -0.2) is 25.4 Å². The van der Waals surface area contributed by atoms with Crippen LogP contribution in [-0.2, 0) is 4.74 Å². The number of rotatable bonds is 6. The van der Waals surface area contributed by atoms with Gasteiger partial charge in [0, 0.05) is 11.0 Å². The monoisotopic (exact) mass is 332 g/mol. The van der Waals surface area contributed by atoms with E-state index in [-0.39, 0.29) is 6.10 Å². The number of esters is 1. The summed E-state index contributed by atoms with van der Waals surface area (Å²) in [5.41, 5.74) is 0.390. The van der Waals surface area contributed by atoms with Crippen LogP contribution in [0.15, 0.2) is 47.4 Å². The van der Waals surface area contributed by atoms with Gasteiger partial charge < -0.3 is 14.2 Å². The average Bonchev–Trinajstić information content (AvgIpc) is 2.54. The van der Waals surface area contributed by atoms with E-state index in [1.54, 1.807) is 30.0 Å². The molecule has 0 saturated heterocycles. The molecule has 2 aromatic rings. The minimum Gasteiger partial charge on any atom is -0.491 e. The van der Waals surface area contributed by atoms with Crippen molar-refractivity contribution in [1.82, 2.24) is 0 Å². The molecule has 0 aliphatic carbocycles. The van der Waals surface area contributed by atoms with Crippen molar-refractivity contribution in [2.24, 2.45) is 0 Å². The Labute approximate surface area is 140 Å². The van der Waals surface area contributed by atoms with Crippen LogP contribution in [0.25, 0.3) is 0 Å². The molecule has 0 radical (unpaired) electrons. The van der Waals surface area contributed by atoms with Crippen molar-refractivity contribution in [3.8, 4) is 17.2 Å². The Hall–Kier alpha value is -2.14. The summed E-state index contributed by atoms with van der Waals surface area (Å²) in [5.74, 6) is 1.36. The van der Waals surface area contributed by atoms with Crippen LogP contribution in [0, 0.1) is 0 Å². The second kappa shape index (κ2) is 7.92. The first-order valence-electron chi connectivity index (χ1n) is 7.24. The number of hydrogen-bond acceptors (Lipinski definition) is 5. The van der Waals surface area contributed by atoms with Gasteiger partial charge in [0.15, 0.2) is 0 Å². The zero-order chi connectivity index (χ0) is 16.8. The van der Waals surface area contributed by atoms with E-state index in [9.17, 15) is 4.79 Å². The number of hydrogen-bond donors (Lipinski definition) is 0. The molecule has 0 bridgehead atoms. The van der Waals surface area contributed by atoms with Gasteiger partial charge in [0.2, 0.25) is 0 Å². The molecule has 2 aromatic carbocycles. The maximum Gasteiger partial charge on any atom is 0.338 e. The lowest BCUT2D eigenvalue weighted by molar-refractivity contribution is 0.0599. The first kappa shape index (κ1) is 17.2. The molecule has 0 unspecified atom stereocenters. The van der Waals surface area contributed by atoms with Crippen molar-refractivity contribution in [2.45, 2.75) is 24.8 Å². The van der Waals surface area contributed by atoms with Crippen LogP contribution < -0.4 is 9.47 Å². The van der Waals surface area contributed by atoms with Crippen molar-refractivity contribution >= 4 is 17.7 Å². The van der Waals surface area contributed by atoms with Gasteiger partial charge in [-0.15, -0.1) is 11.8 Å². The SMILES string of the molecule is COC(=O)c1cc(Oc2ccc(SC)cc2)cc(OC(C)C)c1. The molecule has 0 aliphatic heterocycles. The van der Waals surface area contributed by atoms with E-state index in [4.69, 9.17) is 14.2 Å². The van der Waals surface area contributed by atoms with E-state index < -0.39 is 5.97 Å². The van der Waals surface area contributed by atoms with Crippen LogP contribution in [0.4, 0.5) is 0 Å². The Bertz CT molecular complexity index is 665. The second-order valence-electron chi connectivity index (χ2n) is 5.13. The number of carbonyl (C=O) groups is 1. The van der Waals surface area contributed by atoms with E-state index in [0.717, 1.165) is 4.90 Å². The van der Waals surface area contributed by atoms with Gasteiger partial charge in [-0.05, 0) is 56.5 Å². The molecular formula is C18H20O4S. The Morgan fingerprint density at radius 2 is 1.65 bits per heavy atom. The van der Waals surface area contributed by atoms with Gasteiger partial charge in [-0.2, -0.15) is 0 Å². The van der Waals surface area contributed by atoms with E-state index in [1.807, 2.05) is 44.4 Å². The first-order chi connectivity index (χ1) is 11.0. The fourth-order valence-corrected chi connectivity index (χ4v) is 2.39. The molecule has 5 heteroatoms. The van der Waals surface area contributed by atoms with Crippen LogP contribution in [0.5, 0.6) is 17.2 Å². The summed E-state index contributed by atoms with van der Waals surface area (Å²) < 4.78 is 16.3. The molecule has 23 heavy (non-hydrogen) atoms. The lowest BCUT2D eigenvalue weighted by Crippen LogP contribution is -2.07. The molecule has 122 valence electrons. The van der Waals surface area contributed by atoms with Gasteiger partial charge in [0.05, 0.1) is 18.8 Å². The largest absolute Gasteiger partial charge is 0.491 e. The highest BCUT2D eigenvalue weighted by molar-refractivity contribution is 7.98. The van der Waals surface area contributed by atoms with Gasteiger partial charge in [-0.25, -0.2) is 4.79 Å². The molecule has 2 rings (SSSR count). The number of benzene rings is 2. The summed E-state index contributed by atoms with van der Waals surface area (Å²) in [5, 5.41) is 0. The standard InChI is InChI=1S/C18H20O4S/c1-12(2)21-15-9-13(18(19)20-3)10-16(11-15)22-14-5-7-17(23-4)8-6-14/h5-12H,1-4H3. The van der Waals surface area contributed by atoms with Crippen LogP contribution >= 0.6 is 11.8 Å². The van der Waals surface area contributed by atoms with Gasteiger partial charge in [-0.1, -0.05) is 0 Å². The molecule has 0 atom stereocenters. The predicted molar refractivity (Wildman–Crippen MR) is 91.8 cm³/mol. The zero-order valence-electron chi connectivity index (χ0n) is 13.7. The van der Waals surface area contributed by atoms with Crippen molar-refractivity contribution in [1.29, 1.82) is 0 Å². The summed E-state index contributed by atoms with van der Waals surface area (Å²) in [7, 11) is 1.35. The third kappa shape index (κ3) is 4.93. The topological polar surface area (TPSA) is 44.8 Å². The van der Waals surface area contributed by atoms with Crippen LogP contribution in [0.3, 0.4) is 0 Å². The van der Waals surface area contributed by atoms with E-state index in [1.165, 1.54) is 7.11 Å². The highest BCUT2D eigenvalue weighted by Gasteiger charge is 2.12. The van der Waals surface area contributed by atoms with Crippen molar-refractivity contribution in [3.63, 3.8) is 0 Å². The lowest BCUT2D eigenvalue weighted by Gasteiger charge is -2.13. The number of carbonyl (C=O) groups excluding carboxylic acids is 1. The Morgan fingerprint density at radius 3 is 2.22 bits per heavy atom. The summed E-state index contributed by atoms with van der Waals surface area (Å²) in [6.45, 7) is 3.85. The minimum absolute atomic E-state index is 0.00314. The van der Waals surface area contributed by atoms with Crippen LogP contribution in [0.1, 0.15) is 24.2 Å². The van der Waals surface area contributed by atoms with E-state index in [0.29, 0.717) is 22.8 Å². The molecular weight excluding hydrogens is 312 g/mol. The molecule has 0 N–H and O–H groups in total. The highest BCUT2D eigenvalue weighted by Crippen LogP contribution is 2.29. The molecule has 0 heterocycles. The first-order valence-corrected chi connectivity index (χ1v) is 8.46. The highest BCUT2D eigenvalue weighted by atomic mass is 32.2. The van der Waals surface area contributed by atoms with Gasteiger partial charge in [0.1, 0.15) is 17.2 Å². The predicted octanol–water partition coefficient (Wildman–Crippen LogP) is 4.77. The third-order valence-electron chi connectivity index (χ3n) is 2.97. The van der Waals surface area contributed by atoms with Gasteiger partial charge >= 0.3 is 5.97 Å². The molecule has 0 saturated carbocycles. The maximum absolute atomic E-state index is 11.8. The lowest BCUT2D eigenvalue weighted by atomic mass is 10.2. The van der Waals surface area contributed by atoms with Crippen LogP contribution in [0.2, 0.25) is 0 Å². The minimum atomic E-state index is -0.429. The Morgan fingerprint density at radius 1 is 1.00 bits per heavy atom. The molecule has 0 aromatic heterocycles. The maximum atomic E-state index is 11.8. The number of thioether (sulfide) groups is 1. The third-order valence-corrected chi connectivity index (χ3v) is 3.71. The molecule has 0 amide bonds.